The minimum absolute atomic E-state index is 0.817. The summed E-state index contributed by atoms with van der Waals surface area (Å²) in [6.45, 7) is 11.9. The molecule has 0 aliphatic carbocycles. The van der Waals surface area contributed by atoms with Crippen LogP contribution >= 0.6 is 0 Å². The van der Waals surface area contributed by atoms with E-state index >= 15 is 0 Å². The minimum Gasteiger partial charge on any atom is -0.340 e. The van der Waals surface area contributed by atoms with Gasteiger partial charge in [-0.1, -0.05) is 296 Å². The number of hydrogen-bond acceptors (Lipinski definition) is 8. The molecule has 0 spiro atoms. The third kappa shape index (κ3) is 22.3. The molecule has 18 rings (SSSR count). The van der Waals surface area contributed by atoms with Gasteiger partial charge in [0.2, 0.25) is 0 Å². The van der Waals surface area contributed by atoms with Crippen molar-refractivity contribution < 1.29 is 0 Å². The summed E-state index contributed by atoms with van der Waals surface area (Å²) in [5.74, 6) is 0. The van der Waals surface area contributed by atoms with Gasteiger partial charge in [0.05, 0.1) is 47.6 Å². The molecule has 130 heavy (non-hydrogen) atoms. The average Bonchev–Trinajstić information content (AvgIpc) is 1.63. The summed E-state index contributed by atoms with van der Waals surface area (Å²) in [5.41, 5.74) is 22.0. The third-order valence-electron chi connectivity index (χ3n) is 25.6. The quantitative estimate of drug-likeness (QED) is 0.0216. The van der Waals surface area contributed by atoms with Gasteiger partial charge in [-0.15, -0.1) is 0 Å². The first-order valence-electron chi connectivity index (χ1n) is 48.0. The van der Waals surface area contributed by atoms with Crippen molar-refractivity contribution in [2.45, 2.75) is 168 Å². The largest absolute Gasteiger partial charge is 0.340 e. The number of hydrogen-bond donors (Lipinski definition) is 0. The number of unbranched alkanes of at least 4 members (excludes halogenated alkanes) is 12. The van der Waals surface area contributed by atoms with Gasteiger partial charge >= 0.3 is 0 Å². The summed E-state index contributed by atoms with van der Waals surface area (Å²) >= 11 is 0. The molecule has 0 saturated carbocycles. The highest BCUT2D eigenvalue weighted by atomic mass is 15.5. The number of anilines is 4. The molecular weight excluding hydrogens is 1590 g/mol. The molecule has 0 aliphatic heterocycles. The van der Waals surface area contributed by atoms with Crippen LogP contribution in [-0.4, -0.2) is 69.3 Å². The highest BCUT2D eigenvalue weighted by molar-refractivity contribution is 6.13. The topological polar surface area (TPSA) is 82.1 Å². The van der Waals surface area contributed by atoms with E-state index < -0.39 is 0 Å². The van der Waals surface area contributed by atoms with Gasteiger partial charge in [-0.05, 0) is 232 Å². The van der Waals surface area contributed by atoms with E-state index in [0.717, 1.165) is 162 Å². The van der Waals surface area contributed by atoms with Crippen LogP contribution in [0.4, 0.5) is 22.7 Å². The van der Waals surface area contributed by atoms with Gasteiger partial charge in [-0.2, -0.15) is 20.4 Å². The van der Waals surface area contributed by atoms with Gasteiger partial charge in [0.1, 0.15) is 0 Å². The van der Waals surface area contributed by atoms with E-state index in [1.54, 1.807) is 0 Å². The summed E-state index contributed by atoms with van der Waals surface area (Å²) < 4.78 is 10.0. The molecule has 0 saturated heterocycles. The standard InChI is InChI=1S/C61H58N6.C57H66N6/c1-6-22-48(23-7-1)26-20-40-64-58-34-16-14-32-54(58)56-44-50(36-38-60(56)64)46-62-66(52-28-10-3-11-29-52)42-18-5-19-43-67(53-30-12-4-13-31-53)63-47-51-37-39-61-57(45-51)55-33-15-17-35-59(55)65(61)41-21-27-49-24-8-2-9-25-49;1-3-5-7-9-22-38-60-54-32-20-18-30-50(54)52-42-46(34-36-56(52)60)44-58-62(48-26-14-11-15-27-48)40-24-13-25-41-63(49-28-16-12-17-29-49)59-45-47-35-37-57-53(43-47)51-31-19-21-33-55(51)61(57)39-23-10-8-6-4-2/h1-4,6-17,22-25,28-39,44-47H,5,18-21,26-27,40-43H2;11-12,14-21,26-37,42-45H,3-10,13,22-25,38-41H2,1-2H3/b62-46+,63-47+;58-44+,59-45+. The Morgan fingerprint density at radius 3 is 0.677 bits per heavy atom. The van der Waals surface area contributed by atoms with Crippen molar-refractivity contribution in [3.8, 4) is 0 Å². The van der Waals surface area contributed by atoms with E-state index in [4.69, 9.17) is 20.4 Å². The molecular formula is C118H124N12. The van der Waals surface area contributed by atoms with E-state index in [9.17, 15) is 0 Å². The number of nitrogens with zero attached hydrogens (tertiary/aromatic N) is 12. The molecule has 0 atom stereocenters. The Bertz CT molecular complexity index is 6340. The molecule has 0 fully saturated rings. The van der Waals surface area contributed by atoms with Gasteiger partial charge < -0.3 is 18.3 Å². The Kier molecular flexibility index (Phi) is 30.7. The van der Waals surface area contributed by atoms with Crippen molar-refractivity contribution >= 4 is 135 Å². The highest BCUT2D eigenvalue weighted by Crippen LogP contribution is 2.36. The fraction of sp³-hybridized carbons (Fsp3) is 0.254. The number of aromatic nitrogens is 4. The second-order valence-electron chi connectivity index (χ2n) is 34.7. The van der Waals surface area contributed by atoms with Gasteiger partial charge in [-0.3, -0.25) is 20.0 Å². The van der Waals surface area contributed by atoms with Crippen molar-refractivity contribution in [3.63, 3.8) is 0 Å². The summed E-state index contributed by atoms with van der Waals surface area (Å²) in [4.78, 5) is 0. The first-order chi connectivity index (χ1) is 64.5. The van der Waals surface area contributed by atoms with Gasteiger partial charge in [-0.25, -0.2) is 0 Å². The van der Waals surface area contributed by atoms with E-state index in [2.05, 4.69) is 404 Å². The molecule has 4 heterocycles. The van der Waals surface area contributed by atoms with Crippen LogP contribution in [0.5, 0.6) is 0 Å². The minimum atomic E-state index is 0.817. The molecule has 0 amide bonds. The number of benzene rings is 14. The van der Waals surface area contributed by atoms with Crippen LogP contribution in [-0.2, 0) is 39.0 Å². The fourth-order valence-corrected chi connectivity index (χ4v) is 18.8. The molecule has 656 valence electrons. The maximum atomic E-state index is 5.12. The molecule has 0 N–H and O–H groups in total. The van der Waals surface area contributed by atoms with Gasteiger partial charge in [0, 0.05) is 140 Å². The summed E-state index contributed by atoms with van der Waals surface area (Å²) in [6.07, 6.45) is 31.4. The van der Waals surface area contributed by atoms with E-state index in [1.165, 1.54) is 163 Å². The zero-order chi connectivity index (χ0) is 88.1. The van der Waals surface area contributed by atoms with E-state index in [-0.39, 0.29) is 0 Å². The molecule has 12 nitrogen and oxygen atoms in total. The van der Waals surface area contributed by atoms with Gasteiger partial charge in [0.25, 0.3) is 0 Å². The Hall–Kier alpha value is -13.8. The van der Waals surface area contributed by atoms with Crippen LogP contribution in [0.1, 0.15) is 163 Å². The van der Waals surface area contributed by atoms with E-state index in [1.807, 2.05) is 24.9 Å². The van der Waals surface area contributed by atoms with Crippen molar-refractivity contribution in [1.82, 2.24) is 18.3 Å². The second-order valence-corrected chi connectivity index (χ2v) is 34.7. The second kappa shape index (κ2) is 45.2. The molecule has 12 heteroatoms. The van der Waals surface area contributed by atoms with Crippen molar-refractivity contribution in [3.05, 3.63) is 385 Å². The van der Waals surface area contributed by atoms with E-state index in [0.29, 0.717) is 0 Å². The van der Waals surface area contributed by atoms with Crippen molar-refractivity contribution in [2.24, 2.45) is 20.4 Å². The SMILES string of the molecule is C(=N\N(CCCCCN(/N=C/c1ccc2c(c1)c1ccccc1n2CCCc1ccccc1)c1ccccc1)c1ccccc1)/c1ccc2c(c1)c1ccccc1n2CCCc1ccccc1.CCCCCCCn1c2ccccc2c2cc(/C=N/N(CCCCCN(/N=C/c3ccc4c(c3)c3ccccc3n4CCCCCCC)c3ccccc3)c3ccccc3)ccc21. The Morgan fingerprint density at radius 1 is 0.200 bits per heavy atom. The Morgan fingerprint density at radius 2 is 0.415 bits per heavy atom. The lowest BCUT2D eigenvalue weighted by Gasteiger charge is -2.21. The zero-order valence-corrected chi connectivity index (χ0v) is 76.0. The normalized spacial score (nSPS) is 11.9. The summed E-state index contributed by atoms with van der Waals surface area (Å²) in [5, 5.41) is 39.5. The lowest BCUT2D eigenvalue weighted by atomic mass is 10.1. The number of rotatable bonds is 44. The molecule has 0 radical (unpaired) electrons. The average molecular weight is 1710 g/mol. The van der Waals surface area contributed by atoms with Crippen LogP contribution in [0.15, 0.2) is 372 Å². The molecule has 0 unspecified atom stereocenters. The number of para-hydroxylation sites is 8. The maximum Gasteiger partial charge on any atom is 0.0593 e. The van der Waals surface area contributed by atoms with Gasteiger partial charge in [0.15, 0.2) is 0 Å². The number of hydrazone groups is 4. The summed E-state index contributed by atoms with van der Waals surface area (Å²) in [6, 6.07) is 127. The monoisotopic (exact) mass is 1710 g/mol. The number of fused-ring (bicyclic) bond motifs is 12. The lowest BCUT2D eigenvalue weighted by Crippen LogP contribution is -2.20. The van der Waals surface area contributed by atoms with Crippen LogP contribution in [0, 0.1) is 0 Å². The Labute approximate surface area is 768 Å². The van der Waals surface area contributed by atoms with Crippen molar-refractivity contribution in [2.75, 3.05) is 46.2 Å². The predicted molar refractivity (Wildman–Crippen MR) is 558 cm³/mol. The summed E-state index contributed by atoms with van der Waals surface area (Å²) in [7, 11) is 0. The molecule has 0 aliphatic rings. The van der Waals surface area contributed by atoms with Crippen LogP contribution in [0.3, 0.4) is 0 Å². The molecule has 14 aromatic carbocycles. The predicted octanol–water partition coefficient (Wildman–Crippen LogP) is 30.1. The fourth-order valence-electron chi connectivity index (χ4n) is 18.8. The smallest absolute Gasteiger partial charge is 0.0593 e. The van der Waals surface area contributed by atoms with Crippen LogP contribution < -0.4 is 20.0 Å². The molecule has 18 aromatic rings. The Balaban J connectivity index is 0.000000183. The molecule has 0 bridgehead atoms. The molecule has 4 aromatic heterocycles. The third-order valence-corrected chi connectivity index (χ3v) is 25.6. The van der Waals surface area contributed by atoms with Crippen LogP contribution in [0.25, 0.3) is 87.2 Å². The lowest BCUT2D eigenvalue weighted by molar-refractivity contribution is 0.584. The first kappa shape index (κ1) is 88.2. The number of aryl methyl sites for hydroxylation is 6. The van der Waals surface area contributed by atoms with Crippen LogP contribution in [0.2, 0.25) is 0 Å². The first-order valence-corrected chi connectivity index (χ1v) is 48.0. The maximum absolute atomic E-state index is 5.12. The zero-order valence-electron chi connectivity index (χ0n) is 76.0. The van der Waals surface area contributed by atoms with Crippen molar-refractivity contribution in [1.29, 1.82) is 0 Å². The highest BCUT2D eigenvalue weighted by Gasteiger charge is 2.19.